The summed E-state index contributed by atoms with van der Waals surface area (Å²) >= 11 is 0. The maximum Gasteiger partial charge on any atom is 0.323 e. The summed E-state index contributed by atoms with van der Waals surface area (Å²) < 4.78 is 9.74. The average Bonchev–Trinajstić information content (AvgIpc) is 2.63. The number of hydrogen-bond acceptors (Lipinski definition) is 5. The summed E-state index contributed by atoms with van der Waals surface area (Å²) in [6.07, 6.45) is 1.91. The van der Waals surface area contributed by atoms with Crippen molar-refractivity contribution < 1.29 is 13.9 Å². The summed E-state index contributed by atoms with van der Waals surface area (Å²) in [6, 6.07) is -0.301. The SMILES string of the molecule is COC(=O)C1Cc2ocnc2CN1. The molecule has 0 saturated carbocycles. The monoisotopic (exact) mass is 182 g/mol. The zero-order valence-corrected chi connectivity index (χ0v) is 7.24. The van der Waals surface area contributed by atoms with Gasteiger partial charge in [0.15, 0.2) is 6.39 Å². The van der Waals surface area contributed by atoms with Crippen molar-refractivity contribution in [2.75, 3.05) is 7.11 Å². The van der Waals surface area contributed by atoms with Crippen LogP contribution in [0.4, 0.5) is 0 Å². The molecule has 1 aliphatic rings. The summed E-state index contributed by atoms with van der Waals surface area (Å²) in [5.41, 5.74) is 0.875. The zero-order chi connectivity index (χ0) is 9.26. The van der Waals surface area contributed by atoms with Gasteiger partial charge in [-0.2, -0.15) is 0 Å². The third-order valence-corrected chi connectivity index (χ3v) is 2.12. The molecule has 70 valence electrons. The fourth-order valence-electron chi connectivity index (χ4n) is 1.39. The minimum atomic E-state index is -0.301. The number of nitrogens with one attached hydrogen (secondary N) is 1. The Bertz CT molecular complexity index is 321. The lowest BCUT2D eigenvalue weighted by atomic mass is 10.1. The van der Waals surface area contributed by atoms with Crippen LogP contribution >= 0.6 is 0 Å². The van der Waals surface area contributed by atoms with E-state index in [1.807, 2.05) is 0 Å². The Morgan fingerprint density at radius 1 is 1.85 bits per heavy atom. The van der Waals surface area contributed by atoms with E-state index in [9.17, 15) is 4.79 Å². The van der Waals surface area contributed by atoms with Crippen molar-refractivity contribution in [1.29, 1.82) is 0 Å². The van der Waals surface area contributed by atoms with Crippen LogP contribution in [0.25, 0.3) is 0 Å². The van der Waals surface area contributed by atoms with Gasteiger partial charge >= 0.3 is 5.97 Å². The molecule has 1 N–H and O–H groups in total. The molecule has 5 nitrogen and oxygen atoms in total. The van der Waals surface area contributed by atoms with E-state index in [2.05, 4.69) is 15.0 Å². The summed E-state index contributed by atoms with van der Waals surface area (Å²) in [5, 5.41) is 3.02. The molecule has 2 rings (SSSR count). The van der Waals surface area contributed by atoms with E-state index in [-0.39, 0.29) is 12.0 Å². The molecule has 1 aliphatic heterocycles. The molecule has 1 atom stereocenters. The van der Waals surface area contributed by atoms with Crippen LogP contribution in [0.5, 0.6) is 0 Å². The smallest absolute Gasteiger partial charge is 0.323 e. The first-order valence-corrected chi connectivity index (χ1v) is 4.03. The van der Waals surface area contributed by atoms with Crippen molar-refractivity contribution >= 4 is 5.97 Å². The van der Waals surface area contributed by atoms with Crippen molar-refractivity contribution in [3.05, 3.63) is 17.8 Å². The van der Waals surface area contributed by atoms with Crippen molar-refractivity contribution in [2.45, 2.75) is 19.0 Å². The number of esters is 1. The van der Waals surface area contributed by atoms with Gasteiger partial charge in [-0.05, 0) is 0 Å². The Kier molecular flexibility index (Phi) is 2.02. The number of hydrogen-bond donors (Lipinski definition) is 1. The van der Waals surface area contributed by atoms with Gasteiger partial charge in [-0.3, -0.25) is 10.1 Å². The molecular formula is C8H10N2O3. The lowest BCUT2D eigenvalue weighted by Crippen LogP contribution is -2.42. The Morgan fingerprint density at radius 3 is 3.46 bits per heavy atom. The lowest BCUT2D eigenvalue weighted by Gasteiger charge is -2.19. The van der Waals surface area contributed by atoms with Crippen LogP contribution < -0.4 is 5.32 Å². The lowest BCUT2D eigenvalue weighted by molar-refractivity contribution is -0.143. The molecule has 13 heavy (non-hydrogen) atoms. The Labute approximate surface area is 75.1 Å². The van der Waals surface area contributed by atoms with Gasteiger partial charge in [0.1, 0.15) is 11.8 Å². The second-order valence-electron chi connectivity index (χ2n) is 2.88. The van der Waals surface area contributed by atoms with Crippen LogP contribution in [0.2, 0.25) is 0 Å². The highest BCUT2D eigenvalue weighted by molar-refractivity contribution is 5.76. The molecule has 0 fully saturated rings. The van der Waals surface area contributed by atoms with Gasteiger partial charge in [-0.15, -0.1) is 0 Å². The van der Waals surface area contributed by atoms with Gasteiger partial charge in [0.05, 0.1) is 12.8 Å². The van der Waals surface area contributed by atoms with E-state index in [4.69, 9.17) is 4.42 Å². The number of rotatable bonds is 1. The van der Waals surface area contributed by atoms with E-state index < -0.39 is 0 Å². The second kappa shape index (κ2) is 3.18. The first kappa shape index (κ1) is 8.25. The fourth-order valence-corrected chi connectivity index (χ4v) is 1.39. The van der Waals surface area contributed by atoms with E-state index in [0.29, 0.717) is 13.0 Å². The Balaban J connectivity index is 2.13. The highest BCUT2D eigenvalue weighted by Gasteiger charge is 2.27. The Hall–Kier alpha value is -1.36. The molecule has 0 aromatic carbocycles. The van der Waals surface area contributed by atoms with E-state index in [1.165, 1.54) is 13.5 Å². The molecule has 5 heteroatoms. The summed E-state index contributed by atoms with van der Waals surface area (Å²) in [5.74, 6) is 0.510. The van der Waals surface area contributed by atoms with Crippen LogP contribution in [-0.2, 0) is 22.5 Å². The van der Waals surface area contributed by atoms with Crippen molar-refractivity contribution in [1.82, 2.24) is 10.3 Å². The molecule has 0 amide bonds. The van der Waals surface area contributed by atoms with E-state index >= 15 is 0 Å². The second-order valence-corrected chi connectivity index (χ2v) is 2.88. The highest BCUT2D eigenvalue weighted by atomic mass is 16.5. The topological polar surface area (TPSA) is 64.4 Å². The van der Waals surface area contributed by atoms with Gasteiger partial charge in [-0.1, -0.05) is 0 Å². The number of ether oxygens (including phenoxy) is 1. The average molecular weight is 182 g/mol. The molecule has 0 aliphatic carbocycles. The van der Waals surface area contributed by atoms with Crippen LogP contribution in [0.3, 0.4) is 0 Å². The quantitative estimate of drug-likeness (QED) is 0.612. The maximum atomic E-state index is 11.2. The first-order chi connectivity index (χ1) is 6.31. The molecule has 1 unspecified atom stereocenters. The third kappa shape index (κ3) is 1.42. The molecule has 1 aromatic heterocycles. The molecular weight excluding hydrogens is 172 g/mol. The summed E-state index contributed by atoms with van der Waals surface area (Å²) in [4.78, 5) is 15.1. The third-order valence-electron chi connectivity index (χ3n) is 2.12. The van der Waals surface area contributed by atoms with Crippen LogP contribution in [0.15, 0.2) is 10.8 Å². The van der Waals surface area contributed by atoms with Crippen LogP contribution in [-0.4, -0.2) is 24.1 Å². The number of fused-ring (bicyclic) bond motifs is 1. The van der Waals surface area contributed by atoms with Crippen LogP contribution in [0, 0.1) is 0 Å². The number of aromatic nitrogens is 1. The van der Waals surface area contributed by atoms with Gasteiger partial charge in [0.25, 0.3) is 0 Å². The molecule has 0 saturated heterocycles. The minimum Gasteiger partial charge on any atom is -0.468 e. The van der Waals surface area contributed by atoms with Crippen molar-refractivity contribution in [2.24, 2.45) is 0 Å². The number of methoxy groups -OCH3 is 1. The van der Waals surface area contributed by atoms with Crippen LogP contribution in [0.1, 0.15) is 11.5 Å². The van der Waals surface area contributed by atoms with Crippen molar-refractivity contribution in [3.8, 4) is 0 Å². The molecule has 0 bridgehead atoms. The van der Waals surface area contributed by atoms with Crippen molar-refractivity contribution in [3.63, 3.8) is 0 Å². The molecule has 1 aromatic rings. The normalized spacial score (nSPS) is 20.8. The minimum absolute atomic E-state index is 0.262. The molecule has 0 radical (unpaired) electrons. The number of oxazole rings is 1. The Morgan fingerprint density at radius 2 is 2.69 bits per heavy atom. The van der Waals surface area contributed by atoms with Gasteiger partial charge < -0.3 is 9.15 Å². The zero-order valence-electron chi connectivity index (χ0n) is 7.24. The number of nitrogens with zero attached hydrogens (tertiary/aromatic N) is 1. The maximum absolute atomic E-state index is 11.2. The fraction of sp³-hybridized carbons (Fsp3) is 0.500. The van der Waals surface area contributed by atoms with Gasteiger partial charge in [0.2, 0.25) is 0 Å². The first-order valence-electron chi connectivity index (χ1n) is 4.03. The van der Waals surface area contributed by atoms with Gasteiger partial charge in [0, 0.05) is 13.0 Å². The number of carbonyl (C=O) groups is 1. The molecule has 2 heterocycles. The highest BCUT2D eigenvalue weighted by Crippen LogP contribution is 2.15. The summed E-state index contributed by atoms with van der Waals surface area (Å²) in [7, 11) is 1.37. The molecule has 0 spiro atoms. The standard InChI is InChI=1S/C8H10N2O3/c1-12-8(11)5-2-7-6(3-9-5)10-4-13-7/h4-5,9H,2-3H2,1H3. The largest absolute Gasteiger partial charge is 0.468 e. The predicted molar refractivity (Wildman–Crippen MR) is 42.9 cm³/mol. The number of carbonyl (C=O) groups excluding carboxylic acids is 1. The predicted octanol–water partition coefficient (Wildman–Crippen LogP) is -0.138. The van der Waals surface area contributed by atoms with E-state index in [1.54, 1.807) is 0 Å². The van der Waals surface area contributed by atoms with E-state index in [0.717, 1.165) is 11.5 Å². The van der Waals surface area contributed by atoms with Gasteiger partial charge in [-0.25, -0.2) is 4.98 Å². The summed E-state index contributed by atoms with van der Waals surface area (Å²) in [6.45, 7) is 0.561.